The van der Waals surface area contributed by atoms with E-state index in [1.165, 1.54) is 13.2 Å². The van der Waals surface area contributed by atoms with Gasteiger partial charge in [0.1, 0.15) is 0 Å². The SMILES string of the molecule is COc1c(F)cccc1Nc1c2[nH]c3c1C(=O)NC[C@H]3[I-]OC(=O)[I-]Nc1cnccc1-2. The van der Waals surface area contributed by atoms with Crippen LogP contribution < -0.4 is 62.0 Å². The first-order chi connectivity index (χ1) is 15.6. The van der Waals surface area contributed by atoms with Gasteiger partial charge in [0.15, 0.2) is 0 Å². The van der Waals surface area contributed by atoms with Crippen LogP contribution in [-0.4, -0.2) is 33.5 Å². The fraction of sp³-hybridized carbons (Fsp3) is 0.150. The number of aromatic amines is 1. The molecule has 9 nitrogen and oxygen atoms in total. The maximum atomic E-state index is 14.3. The molecule has 0 saturated heterocycles. The Morgan fingerprint density at radius 3 is 3.03 bits per heavy atom. The van der Waals surface area contributed by atoms with Gasteiger partial charge in [0.2, 0.25) is 0 Å². The minimum absolute atomic E-state index is 0.0441. The molecule has 0 saturated carbocycles. The third kappa shape index (κ3) is 3.74. The summed E-state index contributed by atoms with van der Waals surface area (Å²) in [7, 11) is 1.39. The van der Waals surface area contributed by atoms with Gasteiger partial charge in [-0.3, -0.25) is 0 Å². The van der Waals surface area contributed by atoms with E-state index in [9.17, 15) is 14.0 Å². The molecule has 3 aromatic rings. The number of aromatic nitrogens is 2. The standard InChI is InChI=1S/C20H16FI2N5O4/c1-31-18-10(21)3-2-4-12(18)26-17-14-16-11(7-25-19(14)29)23-32-20(30)22-28-13-8-24-6-5-9(13)15(17)27-16/h2-6,8,11,26-28H,7H2,1H3,(H,25,29)/q-2/t11-/m1/s1. The van der Waals surface area contributed by atoms with Crippen molar-refractivity contribution >= 4 is 26.9 Å². The molecule has 2 aromatic heterocycles. The summed E-state index contributed by atoms with van der Waals surface area (Å²) in [4.78, 5) is 32.7. The van der Waals surface area contributed by atoms with Crippen LogP contribution in [0.3, 0.4) is 0 Å². The molecule has 32 heavy (non-hydrogen) atoms. The zero-order valence-electron chi connectivity index (χ0n) is 16.5. The molecule has 1 atom stereocenters. The van der Waals surface area contributed by atoms with Gasteiger partial charge in [0.05, 0.1) is 0 Å². The maximum absolute atomic E-state index is 14.3. The Balaban J connectivity index is 1.74. The summed E-state index contributed by atoms with van der Waals surface area (Å²) in [5.74, 6) is -0.739. The van der Waals surface area contributed by atoms with Crippen molar-refractivity contribution in [2.24, 2.45) is 0 Å². The number of amides is 1. The number of carbonyl (C=O) groups excluding carboxylic acids is 2. The second-order valence-corrected chi connectivity index (χ2v) is 11.2. The van der Waals surface area contributed by atoms with Crippen LogP contribution in [0.1, 0.15) is 20.0 Å². The number of hydrogen-bond donors (Lipinski definition) is 4. The van der Waals surface area contributed by atoms with Crippen molar-refractivity contribution in [1.29, 1.82) is 0 Å². The van der Waals surface area contributed by atoms with Crippen LogP contribution in [0.2, 0.25) is 0 Å². The van der Waals surface area contributed by atoms with Crippen molar-refractivity contribution < 1.29 is 64.9 Å². The summed E-state index contributed by atoms with van der Waals surface area (Å²) in [6.45, 7) is 0.379. The van der Waals surface area contributed by atoms with Gasteiger partial charge >= 0.3 is 204 Å². The molecule has 2 aliphatic heterocycles. The molecule has 0 radical (unpaired) electrons. The third-order valence-corrected chi connectivity index (χ3v) is 9.66. The van der Waals surface area contributed by atoms with E-state index >= 15 is 0 Å². The molecule has 1 amide bonds. The molecular weight excluding hydrogens is 647 g/mol. The van der Waals surface area contributed by atoms with E-state index in [0.29, 0.717) is 40.6 Å². The first-order valence-electron chi connectivity index (χ1n) is 9.39. The quantitative estimate of drug-likeness (QED) is 0.105. The molecule has 2 bridgehead atoms. The number of ether oxygens (including phenoxy) is 1. The van der Waals surface area contributed by atoms with Gasteiger partial charge in [-0.25, -0.2) is 0 Å². The number of carbonyl (C=O) groups is 2. The molecule has 4 heterocycles. The second kappa shape index (κ2) is 8.73. The van der Waals surface area contributed by atoms with Crippen LogP contribution in [0.4, 0.5) is 26.2 Å². The molecule has 4 N–H and O–H groups in total. The number of halogens is 3. The average Bonchev–Trinajstić information content (AvgIpc) is 3.16. The van der Waals surface area contributed by atoms with Crippen LogP contribution >= 0.6 is 0 Å². The normalized spacial score (nSPS) is 17.8. The molecular formula is C20H16FI2N5O4-2. The van der Waals surface area contributed by atoms with Crippen molar-refractivity contribution in [3.8, 4) is 17.0 Å². The van der Waals surface area contributed by atoms with Gasteiger partial charge in [-0.1, -0.05) is 0 Å². The van der Waals surface area contributed by atoms with Crippen LogP contribution in [-0.2, 0) is 3.07 Å². The van der Waals surface area contributed by atoms with E-state index in [1.807, 2.05) is 0 Å². The number of H-pyrrole nitrogens is 1. The van der Waals surface area contributed by atoms with Crippen molar-refractivity contribution in [2.75, 3.05) is 22.5 Å². The molecule has 0 fully saturated rings. The van der Waals surface area contributed by atoms with E-state index in [2.05, 4.69) is 24.1 Å². The number of fused-ring (bicyclic) bond motifs is 3. The fourth-order valence-electron chi connectivity index (χ4n) is 3.60. The summed E-state index contributed by atoms with van der Waals surface area (Å²) < 4.78 is 27.9. The van der Waals surface area contributed by atoms with Crippen LogP contribution in [0.5, 0.6) is 5.75 Å². The topological polar surface area (TPSA) is 117 Å². The van der Waals surface area contributed by atoms with E-state index in [-0.39, 0.29) is 19.6 Å². The Morgan fingerprint density at radius 1 is 1.31 bits per heavy atom. The summed E-state index contributed by atoms with van der Waals surface area (Å²) in [5, 5.41) is 6.11. The van der Waals surface area contributed by atoms with E-state index in [4.69, 9.17) is 7.80 Å². The van der Waals surface area contributed by atoms with Crippen LogP contribution in [0.15, 0.2) is 36.7 Å². The van der Waals surface area contributed by atoms with Crippen molar-refractivity contribution in [3.63, 3.8) is 0 Å². The number of para-hydroxylation sites is 1. The summed E-state index contributed by atoms with van der Waals surface area (Å²) in [6, 6.07) is 6.34. The van der Waals surface area contributed by atoms with Crippen molar-refractivity contribution in [2.45, 2.75) is 3.92 Å². The van der Waals surface area contributed by atoms with E-state index in [1.54, 1.807) is 30.6 Å². The number of benzene rings is 1. The monoisotopic (exact) mass is 663 g/mol. The Labute approximate surface area is 203 Å². The summed E-state index contributed by atoms with van der Waals surface area (Å²) in [5.41, 5.74) is 4.00. The molecule has 0 unspecified atom stereocenters. The average molecular weight is 663 g/mol. The first-order valence-corrected chi connectivity index (χ1v) is 13.7. The molecule has 5 rings (SSSR count). The second-order valence-electron chi connectivity index (χ2n) is 6.80. The molecule has 2 aliphatic rings. The van der Waals surface area contributed by atoms with Crippen LogP contribution in [0.25, 0.3) is 11.3 Å². The zero-order chi connectivity index (χ0) is 22.2. The van der Waals surface area contributed by atoms with Crippen molar-refractivity contribution in [3.05, 3.63) is 53.7 Å². The first kappa shape index (κ1) is 21.2. The molecule has 12 heteroatoms. The molecule has 0 aliphatic carbocycles. The summed E-state index contributed by atoms with van der Waals surface area (Å²) >= 11 is -2.12. The van der Waals surface area contributed by atoms with Gasteiger partial charge in [-0.05, 0) is 0 Å². The Kier molecular flexibility index (Phi) is 5.79. The number of anilines is 3. The fourth-order valence-corrected chi connectivity index (χ4v) is 7.45. The number of hydrogen-bond acceptors (Lipinski definition) is 7. The molecule has 168 valence electrons. The van der Waals surface area contributed by atoms with Gasteiger partial charge in [-0.2, -0.15) is 0 Å². The van der Waals surface area contributed by atoms with Gasteiger partial charge in [0.25, 0.3) is 0 Å². The van der Waals surface area contributed by atoms with Gasteiger partial charge < -0.3 is 0 Å². The predicted molar refractivity (Wildman–Crippen MR) is 105 cm³/mol. The Hall–Kier alpha value is -2.62. The number of methoxy groups -OCH3 is 1. The Morgan fingerprint density at radius 2 is 2.19 bits per heavy atom. The number of nitrogens with zero attached hydrogens (tertiary/aromatic N) is 1. The predicted octanol–water partition coefficient (Wildman–Crippen LogP) is -2.68. The third-order valence-electron chi connectivity index (χ3n) is 4.97. The summed E-state index contributed by atoms with van der Waals surface area (Å²) in [6.07, 6.45) is 3.26. The van der Waals surface area contributed by atoms with E-state index < -0.39 is 48.9 Å². The Bertz CT molecular complexity index is 1230. The van der Waals surface area contributed by atoms with E-state index in [0.717, 1.165) is 5.56 Å². The van der Waals surface area contributed by atoms with Gasteiger partial charge in [-0.15, -0.1) is 0 Å². The van der Waals surface area contributed by atoms with Crippen LogP contribution in [0, 0.1) is 5.82 Å². The molecule has 1 aromatic carbocycles. The number of nitrogens with one attached hydrogen (secondary N) is 4. The van der Waals surface area contributed by atoms with Crippen molar-refractivity contribution in [1.82, 2.24) is 15.3 Å². The molecule has 0 spiro atoms. The minimum atomic E-state index is -1.10. The number of rotatable bonds is 3. The number of pyridine rings is 1. The number of alkyl halides is 1. The van der Waals surface area contributed by atoms with Gasteiger partial charge in [0, 0.05) is 0 Å². The zero-order valence-corrected chi connectivity index (χ0v) is 20.8.